The second-order valence-corrected chi connectivity index (χ2v) is 5.77. The molecule has 0 aliphatic carbocycles. The van der Waals surface area contributed by atoms with Crippen molar-refractivity contribution in [3.8, 4) is 0 Å². The first-order chi connectivity index (χ1) is 9.22. The number of thiophene rings is 1. The third kappa shape index (κ3) is 3.59. The van der Waals surface area contributed by atoms with Crippen molar-refractivity contribution < 1.29 is 9.90 Å². The molecule has 0 saturated carbocycles. The van der Waals surface area contributed by atoms with Gasteiger partial charge >= 0.3 is 0 Å². The van der Waals surface area contributed by atoms with Crippen molar-refractivity contribution in [1.82, 2.24) is 5.32 Å². The van der Waals surface area contributed by atoms with Gasteiger partial charge in [-0.15, -0.1) is 23.1 Å². The van der Waals surface area contributed by atoms with Gasteiger partial charge in [0.25, 0.3) is 5.91 Å². The molecule has 5 heteroatoms. The van der Waals surface area contributed by atoms with Crippen LogP contribution < -0.4 is 5.32 Å². The predicted molar refractivity (Wildman–Crippen MR) is 79.8 cm³/mol. The minimum atomic E-state index is -0.648. The molecule has 0 spiro atoms. The molecule has 1 heterocycles. The molecule has 2 N–H and O–H groups in total. The first-order valence-corrected chi connectivity index (χ1v) is 7.95. The van der Waals surface area contributed by atoms with Crippen LogP contribution in [0.5, 0.6) is 0 Å². The van der Waals surface area contributed by atoms with Crippen molar-refractivity contribution >= 4 is 29.0 Å². The van der Waals surface area contributed by atoms with Gasteiger partial charge in [0.1, 0.15) is 6.10 Å². The summed E-state index contributed by atoms with van der Waals surface area (Å²) in [6.45, 7) is 0.224. The van der Waals surface area contributed by atoms with Crippen LogP contribution in [0.3, 0.4) is 0 Å². The van der Waals surface area contributed by atoms with E-state index in [9.17, 15) is 9.90 Å². The summed E-state index contributed by atoms with van der Waals surface area (Å²) in [5, 5.41) is 14.6. The normalized spacial score (nSPS) is 12.1. The number of nitrogens with one attached hydrogen (secondary N) is 1. The van der Waals surface area contributed by atoms with E-state index in [4.69, 9.17) is 0 Å². The fraction of sp³-hybridized carbons (Fsp3) is 0.214. The summed E-state index contributed by atoms with van der Waals surface area (Å²) in [5.74, 6) is -0.152. The molecule has 1 unspecified atom stereocenters. The number of aliphatic hydroxyl groups excluding tert-OH is 1. The van der Waals surface area contributed by atoms with Gasteiger partial charge in [0, 0.05) is 16.3 Å². The molecule has 1 aromatic carbocycles. The molecule has 0 fully saturated rings. The molecule has 1 atom stereocenters. The average Bonchev–Trinajstić information content (AvgIpc) is 2.98. The number of rotatable bonds is 5. The van der Waals surface area contributed by atoms with E-state index in [0.717, 1.165) is 9.77 Å². The number of hydrogen-bond acceptors (Lipinski definition) is 4. The summed E-state index contributed by atoms with van der Waals surface area (Å²) >= 11 is 3.02. The number of carbonyl (C=O) groups excluding carboxylic acids is 1. The quantitative estimate of drug-likeness (QED) is 0.833. The second-order valence-electron chi connectivity index (χ2n) is 3.94. The third-order valence-corrected chi connectivity index (χ3v) is 4.45. The van der Waals surface area contributed by atoms with Crippen LogP contribution >= 0.6 is 23.1 Å². The lowest BCUT2D eigenvalue weighted by atomic mass is 10.2. The summed E-state index contributed by atoms with van der Waals surface area (Å²) < 4.78 is 0. The minimum absolute atomic E-state index is 0.152. The van der Waals surface area contributed by atoms with Crippen LogP contribution in [-0.4, -0.2) is 23.8 Å². The van der Waals surface area contributed by atoms with E-state index < -0.39 is 6.10 Å². The first kappa shape index (κ1) is 14.1. The number of hydrogen-bond donors (Lipinski definition) is 2. The van der Waals surface area contributed by atoms with Crippen LogP contribution in [0.25, 0.3) is 0 Å². The van der Waals surface area contributed by atoms with Gasteiger partial charge in [0.2, 0.25) is 0 Å². The second kappa shape index (κ2) is 6.75. The van der Waals surface area contributed by atoms with Gasteiger partial charge in [0.15, 0.2) is 0 Å². The maximum atomic E-state index is 12.1. The SMILES string of the molecule is CSc1ccccc1C(=O)NCC(O)c1cccs1. The van der Waals surface area contributed by atoms with E-state index in [1.807, 2.05) is 42.0 Å². The molecule has 19 heavy (non-hydrogen) atoms. The Balaban J connectivity index is 1.98. The Morgan fingerprint density at radius 2 is 2.16 bits per heavy atom. The Kier molecular flexibility index (Phi) is 5.01. The van der Waals surface area contributed by atoms with E-state index in [0.29, 0.717) is 5.56 Å². The monoisotopic (exact) mass is 293 g/mol. The van der Waals surface area contributed by atoms with Gasteiger partial charge in [-0.3, -0.25) is 4.79 Å². The van der Waals surface area contributed by atoms with Crippen LogP contribution in [0.4, 0.5) is 0 Å². The predicted octanol–water partition coefficient (Wildman–Crippen LogP) is 2.93. The van der Waals surface area contributed by atoms with E-state index >= 15 is 0 Å². The number of benzene rings is 1. The van der Waals surface area contributed by atoms with Crippen molar-refractivity contribution in [2.24, 2.45) is 0 Å². The molecule has 2 rings (SSSR count). The van der Waals surface area contributed by atoms with Gasteiger partial charge in [-0.05, 0) is 29.8 Å². The van der Waals surface area contributed by atoms with Crippen molar-refractivity contribution in [2.75, 3.05) is 12.8 Å². The van der Waals surface area contributed by atoms with E-state index in [2.05, 4.69) is 5.32 Å². The van der Waals surface area contributed by atoms with E-state index in [1.54, 1.807) is 6.07 Å². The molecular weight excluding hydrogens is 278 g/mol. The molecule has 0 aliphatic rings. The zero-order chi connectivity index (χ0) is 13.7. The Bertz CT molecular complexity index is 540. The highest BCUT2D eigenvalue weighted by atomic mass is 32.2. The lowest BCUT2D eigenvalue weighted by molar-refractivity contribution is 0.0915. The highest BCUT2D eigenvalue weighted by molar-refractivity contribution is 7.98. The van der Waals surface area contributed by atoms with E-state index in [1.165, 1.54) is 23.1 Å². The average molecular weight is 293 g/mol. The standard InChI is InChI=1S/C14H15NO2S2/c1-18-12-6-3-2-5-10(12)14(17)15-9-11(16)13-7-4-8-19-13/h2-8,11,16H,9H2,1H3,(H,15,17). The fourth-order valence-corrected chi connectivity index (χ4v) is 3.01. The Hall–Kier alpha value is -1.30. The zero-order valence-corrected chi connectivity index (χ0v) is 12.1. The van der Waals surface area contributed by atoms with Crippen LogP contribution in [0, 0.1) is 0 Å². The van der Waals surface area contributed by atoms with Crippen molar-refractivity contribution in [2.45, 2.75) is 11.0 Å². The molecule has 2 aromatic rings. The number of aliphatic hydroxyl groups is 1. The molecule has 1 amide bonds. The third-order valence-electron chi connectivity index (χ3n) is 2.68. The number of carbonyl (C=O) groups is 1. The molecule has 0 aliphatic heterocycles. The van der Waals surface area contributed by atoms with Crippen molar-refractivity contribution in [3.05, 3.63) is 52.2 Å². The number of thioether (sulfide) groups is 1. The van der Waals surface area contributed by atoms with Crippen LogP contribution in [0.2, 0.25) is 0 Å². The minimum Gasteiger partial charge on any atom is -0.386 e. The molecular formula is C14H15NO2S2. The molecule has 0 radical (unpaired) electrons. The van der Waals surface area contributed by atoms with Crippen LogP contribution in [0.15, 0.2) is 46.7 Å². The van der Waals surface area contributed by atoms with Gasteiger partial charge in [-0.2, -0.15) is 0 Å². The van der Waals surface area contributed by atoms with Gasteiger partial charge < -0.3 is 10.4 Å². The zero-order valence-electron chi connectivity index (χ0n) is 10.5. The maximum absolute atomic E-state index is 12.1. The molecule has 100 valence electrons. The molecule has 0 bridgehead atoms. The lowest BCUT2D eigenvalue weighted by Gasteiger charge is -2.11. The van der Waals surface area contributed by atoms with Crippen molar-refractivity contribution in [3.63, 3.8) is 0 Å². The Labute approximate surface area is 120 Å². The molecule has 0 saturated heterocycles. The highest BCUT2D eigenvalue weighted by Gasteiger charge is 2.13. The van der Waals surface area contributed by atoms with Crippen molar-refractivity contribution in [1.29, 1.82) is 0 Å². The molecule has 3 nitrogen and oxygen atoms in total. The largest absolute Gasteiger partial charge is 0.386 e. The van der Waals surface area contributed by atoms with Gasteiger partial charge in [-0.1, -0.05) is 18.2 Å². The summed E-state index contributed by atoms with van der Waals surface area (Å²) in [6.07, 6.45) is 1.29. The topological polar surface area (TPSA) is 49.3 Å². The highest BCUT2D eigenvalue weighted by Crippen LogP contribution is 2.21. The van der Waals surface area contributed by atoms with Gasteiger partial charge in [-0.25, -0.2) is 0 Å². The number of amides is 1. The van der Waals surface area contributed by atoms with Crippen LogP contribution in [-0.2, 0) is 0 Å². The summed E-state index contributed by atoms with van der Waals surface area (Å²) in [4.78, 5) is 13.9. The Morgan fingerprint density at radius 1 is 1.37 bits per heavy atom. The first-order valence-electron chi connectivity index (χ1n) is 5.85. The smallest absolute Gasteiger partial charge is 0.252 e. The van der Waals surface area contributed by atoms with Crippen LogP contribution in [0.1, 0.15) is 21.3 Å². The molecule has 1 aromatic heterocycles. The summed E-state index contributed by atoms with van der Waals surface area (Å²) in [5.41, 5.74) is 0.647. The summed E-state index contributed by atoms with van der Waals surface area (Å²) in [7, 11) is 0. The summed E-state index contributed by atoms with van der Waals surface area (Å²) in [6, 6.07) is 11.2. The maximum Gasteiger partial charge on any atom is 0.252 e. The Morgan fingerprint density at radius 3 is 2.84 bits per heavy atom. The lowest BCUT2D eigenvalue weighted by Crippen LogP contribution is -2.28. The fourth-order valence-electron chi connectivity index (χ4n) is 1.70. The van der Waals surface area contributed by atoms with Gasteiger partial charge in [0.05, 0.1) is 5.56 Å². The van der Waals surface area contributed by atoms with E-state index in [-0.39, 0.29) is 12.5 Å².